The van der Waals surface area contributed by atoms with Crippen LogP contribution in [0.5, 0.6) is 0 Å². The van der Waals surface area contributed by atoms with E-state index in [0.29, 0.717) is 19.6 Å². The standard InChI is InChI=1S/C25H28N4O2/c1-27-14-22(13-26-27)20-7-6-19-9-11-29(25(31)24(19)12-20)17-23(30)16-28-10-8-18-4-2-3-5-21(18)15-28/h2-7,12-14,23,30H,8-11,15-17H2,1H3. The molecule has 160 valence electrons. The van der Waals surface area contributed by atoms with Gasteiger partial charge in [0.15, 0.2) is 0 Å². The number of β-amino-alcohol motifs (C(OH)–C–C–N with tert-alkyl or cyclic N) is 1. The van der Waals surface area contributed by atoms with Crippen molar-refractivity contribution >= 4 is 5.91 Å². The molecule has 3 aromatic rings. The van der Waals surface area contributed by atoms with Crippen molar-refractivity contribution in [2.45, 2.75) is 25.5 Å². The highest BCUT2D eigenvalue weighted by Crippen LogP contribution is 2.26. The molecule has 1 amide bonds. The summed E-state index contributed by atoms with van der Waals surface area (Å²) in [5.74, 6) is 0.00929. The first-order chi connectivity index (χ1) is 15.1. The summed E-state index contributed by atoms with van der Waals surface area (Å²) >= 11 is 0. The van der Waals surface area contributed by atoms with Crippen LogP contribution in [0.3, 0.4) is 0 Å². The molecule has 2 aliphatic rings. The van der Waals surface area contributed by atoms with Gasteiger partial charge >= 0.3 is 0 Å². The summed E-state index contributed by atoms with van der Waals surface area (Å²) in [6, 6.07) is 14.6. The molecule has 6 heteroatoms. The minimum Gasteiger partial charge on any atom is -0.390 e. The Kier molecular flexibility index (Phi) is 5.34. The first-order valence-corrected chi connectivity index (χ1v) is 11.0. The van der Waals surface area contributed by atoms with Crippen LogP contribution >= 0.6 is 0 Å². The molecule has 0 spiro atoms. The van der Waals surface area contributed by atoms with Gasteiger partial charge in [0, 0.05) is 57.1 Å². The maximum atomic E-state index is 13.2. The van der Waals surface area contributed by atoms with Crippen molar-refractivity contribution in [2.24, 2.45) is 7.05 Å². The fourth-order valence-corrected chi connectivity index (χ4v) is 4.77. The van der Waals surface area contributed by atoms with Gasteiger partial charge in [0.1, 0.15) is 0 Å². The topological polar surface area (TPSA) is 61.6 Å². The molecule has 6 nitrogen and oxygen atoms in total. The Morgan fingerprint density at radius 1 is 1.00 bits per heavy atom. The van der Waals surface area contributed by atoms with Gasteiger partial charge < -0.3 is 10.0 Å². The number of rotatable bonds is 5. The molecule has 2 aromatic carbocycles. The Balaban J connectivity index is 1.25. The van der Waals surface area contributed by atoms with Crippen molar-refractivity contribution in [1.29, 1.82) is 0 Å². The van der Waals surface area contributed by atoms with Crippen molar-refractivity contribution in [3.8, 4) is 11.1 Å². The summed E-state index contributed by atoms with van der Waals surface area (Å²) in [7, 11) is 1.89. The average Bonchev–Trinajstić information content (AvgIpc) is 3.22. The number of carbonyl (C=O) groups is 1. The van der Waals surface area contributed by atoms with Crippen molar-refractivity contribution in [1.82, 2.24) is 19.6 Å². The van der Waals surface area contributed by atoms with Gasteiger partial charge in [-0.2, -0.15) is 5.10 Å². The fraction of sp³-hybridized carbons (Fsp3) is 0.360. The van der Waals surface area contributed by atoms with E-state index in [1.165, 1.54) is 11.1 Å². The second-order valence-electron chi connectivity index (χ2n) is 8.68. The summed E-state index contributed by atoms with van der Waals surface area (Å²) < 4.78 is 1.76. The van der Waals surface area contributed by atoms with Crippen LogP contribution in [0.25, 0.3) is 11.1 Å². The minimum atomic E-state index is -0.558. The van der Waals surface area contributed by atoms with E-state index in [4.69, 9.17) is 0 Å². The summed E-state index contributed by atoms with van der Waals surface area (Å²) in [5, 5.41) is 15.0. The number of aromatic nitrogens is 2. The van der Waals surface area contributed by atoms with Crippen molar-refractivity contribution in [3.63, 3.8) is 0 Å². The molecule has 0 radical (unpaired) electrons. The van der Waals surface area contributed by atoms with Gasteiger partial charge in [-0.25, -0.2) is 0 Å². The molecule has 31 heavy (non-hydrogen) atoms. The van der Waals surface area contributed by atoms with Crippen LogP contribution in [0.2, 0.25) is 0 Å². The van der Waals surface area contributed by atoms with Gasteiger partial charge in [-0.15, -0.1) is 0 Å². The lowest BCUT2D eigenvalue weighted by Gasteiger charge is -2.34. The van der Waals surface area contributed by atoms with Gasteiger partial charge in [-0.1, -0.05) is 36.4 Å². The molecule has 1 N–H and O–H groups in total. The number of amides is 1. The highest BCUT2D eigenvalue weighted by molar-refractivity contribution is 5.98. The molecule has 0 aliphatic carbocycles. The first-order valence-electron chi connectivity index (χ1n) is 11.0. The molecular weight excluding hydrogens is 388 g/mol. The van der Waals surface area contributed by atoms with Crippen LogP contribution in [-0.4, -0.2) is 62.9 Å². The second-order valence-corrected chi connectivity index (χ2v) is 8.68. The number of hydrogen-bond acceptors (Lipinski definition) is 4. The van der Waals surface area contributed by atoms with Gasteiger partial charge in [0.25, 0.3) is 5.91 Å². The smallest absolute Gasteiger partial charge is 0.254 e. The summed E-state index contributed by atoms with van der Waals surface area (Å²) in [5.41, 5.74) is 6.56. The van der Waals surface area contributed by atoms with Gasteiger partial charge in [-0.3, -0.25) is 14.4 Å². The molecule has 1 unspecified atom stereocenters. The van der Waals surface area contributed by atoms with E-state index < -0.39 is 6.10 Å². The van der Waals surface area contributed by atoms with Crippen LogP contribution in [0.1, 0.15) is 27.0 Å². The normalized spacial score (nSPS) is 17.4. The third-order valence-electron chi connectivity index (χ3n) is 6.43. The summed E-state index contributed by atoms with van der Waals surface area (Å²) in [4.78, 5) is 17.3. The number of carbonyl (C=O) groups excluding carboxylic acids is 1. The predicted molar refractivity (Wildman–Crippen MR) is 120 cm³/mol. The Bertz CT molecular complexity index is 1110. The molecule has 1 atom stereocenters. The molecule has 0 saturated carbocycles. The zero-order valence-electron chi connectivity index (χ0n) is 17.9. The third kappa shape index (κ3) is 4.13. The number of fused-ring (bicyclic) bond motifs is 2. The predicted octanol–water partition coefficient (Wildman–Crippen LogP) is 2.50. The lowest BCUT2D eigenvalue weighted by atomic mass is 9.95. The van der Waals surface area contributed by atoms with Crippen LogP contribution in [0.4, 0.5) is 0 Å². The van der Waals surface area contributed by atoms with E-state index in [0.717, 1.165) is 48.2 Å². The summed E-state index contributed by atoms with van der Waals surface area (Å²) in [6.07, 6.45) is 5.03. The Labute approximate surface area is 182 Å². The van der Waals surface area contributed by atoms with E-state index in [9.17, 15) is 9.90 Å². The van der Waals surface area contributed by atoms with E-state index >= 15 is 0 Å². The van der Waals surface area contributed by atoms with E-state index in [-0.39, 0.29) is 5.91 Å². The zero-order valence-corrected chi connectivity index (χ0v) is 17.9. The van der Waals surface area contributed by atoms with Crippen LogP contribution in [0, 0.1) is 0 Å². The van der Waals surface area contributed by atoms with Gasteiger partial charge in [-0.05, 0) is 41.2 Å². The number of hydrogen-bond donors (Lipinski definition) is 1. The fourth-order valence-electron chi connectivity index (χ4n) is 4.77. The van der Waals surface area contributed by atoms with Crippen molar-refractivity contribution in [3.05, 3.63) is 77.1 Å². The summed E-state index contributed by atoms with van der Waals surface area (Å²) in [6.45, 7) is 3.41. The van der Waals surface area contributed by atoms with E-state index in [1.54, 1.807) is 9.58 Å². The SMILES string of the molecule is Cn1cc(-c2ccc3c(c2)C(=O)N(CC(O)CN2CCc4ccccc4C2)CC3)cn1. The van der Waals surface area contributed by atoms with E-state index in [2.05, 4.69) is 46.4 Å². The van der Waals surface area contributed by atoms with Crippen LogP contribution in [0.15, 0.2) is 54.9 Å². The van der Waals surface area contributed by atoms with Crippen LogP contribution in [-0.2, 0) is 26.4 Å². The van der Waals surface area contributed by atoms with Crippen LogP contribution < -0.4 is 0 Å². The zero-order chi connectivity index (χ0) is 21.4. The molecule has 3 heterocycles. The molecule has 0 saturated heterocycles. The highest BCUT2D eigenvalue weighted by atomic mass is 16.3. The maximum absolute atomic E-state index is 13.2. The van der Waals surface area contributed by atoms with Gasteiger partial charge in [0.2, 0.25) is 0 Å². The quantitative estimate of drug-likeness (QED) is 0.694. The lowest BCUT2D eigenvalue weighted by Crippen LogP contribution is -2.46. The highest BCUT2D eigenvalue weighted by Gasteiger charge is 2.27. The molecule has 2 aliphatic heterocycles. The Morgan fingerprint density at radius 2 is 1.81 bits per heavy atom. The molecule has 0 fully saturated rings. The third-order valence-corrected chi connectivity index (χ3v) is 6.43. The number of aryl methyl sites for hydroxylation is 1. The maximum Gasteiger partial charge on any atom is 0.254 e. The molecule has 5 rings (SSSR count). The van der Waals surface area contributed by atoms with Crippen molar-refractivity contribution in [2.75, 3.05) is 26.2 Å². The largest absolute Gasteiger partial charge is 0.390 e. The van der Waals surface area contributed by atoms with E-state index in [1.807, 2.05) is 25.5 Å². The molecular formula is C25H28N4O2. The Morgan fingerprint density at radius 3 is 2.61 bits per heavy atom. The lowest BCUT2D eigenvalue weighted by molar-refractivity contribution is 0.0493. The average molecular weight is 417 g/mol. The second kappa shape index (κ2) is 8.29. The first kappa shape index (κ1) is 20.0. The van der Waals surface area contributed by atoms with Crippen molar-refractivity contribution < 1.29 is 9.90 Å². The Hall–Kier alpha value is -2.96. The van der Waals surface area contributed by atoms with Gasteiger partial charge in [0.05, 0.1) is 12.3 Å². The number of aliphatic hydroxyl groups is 1. The number of aliphatic hydroxyl groups excluding tert-OH is 1. The molecule has 0 bridgehead atoms. The number of nitrogens with zero attached hydrogens (tertiary/aromatic N) is 4. The number of benzene rings is 2. The minimum absolute atomic E-state index is 0.00929. The monoisotopic (exact) mass is 416 g/mol. The molecule has 1 aromatic heterocycles.